The number of hydrogen-bond donors (Lipinski definition) is 2. The average Bonchev–Trinajstić information content (AvgIpc) is 2.46. The van der Waals surface area contributed by atoms with Gasteiger partial charge in [-0.15, -0.1) is 24.8 Å². The average molecular weight is 432 g/mol. The molecule has 0 unspecified atom stereocenters. The van der Waals surface area contributed by atoms with E-state index < -0.39 is 0 Å². The van der Waals surface area contributed by atoms with Crippen LogP contribution in [0.2, 0.25) is 0 Å². The Morgan fingerprint density at radius 3 is 2.22 bits per heavy atom. The van der Waals surface area contributed by atoms with E-state index in [0.29, 0.717) is 13.2 Å². The van der Waals surface area contributed by atoms with Crippen LogP contribution in [0.3, 0.4) is 0 Å². The van der Waals surface area contributed by atoms with Gasteiger partial charge in [-0.2, -0.15) is 0 Å². The van der Waals surface area contributed by atoms with Gasteiger partial charge in [0.05, 0.1) is 17.7 Å². The van der Waals surface area contributed by atoms with Gasteiger partial charge in [-0.3, -0.25) is 0 Å². The van der Waals surface area contributed by atoms with E-state index in [2.05, 4.69) is 45.6 Å². The molecular weight excluding hydrogens is 403 g/mol. The molecule has 2 N–H and O–H groups in total. The Labute approximate surface area is 161 Å². The molecule has 0 aliphatic carbocycles. The third kappa shape index (κ3) is 9.62. The lowest BCUT2D eigenvalue weighted by Gasteiger charge is -2.15. The van der Waals surface area contributed by atoms with Crippen molar-refractivity contribution in [2.45, 2.75) is 33.7 Å². The molecule has 0 saturated carbocycles. The predicted octanol–water partition coefficient (Wildman–Crippen LogP) is 4.18. The number of ether oxygens (including phenoxy) is 2. The van der Waals surface area contributed by atoms with Crippen molar-refractivity contribution in [2.75, 3.05) is 32.8 Å². The highest BCUT2D eigenvalue weighted by atomic mass is 79.9. The fourth-order valence-corrected chi connectivity index (χ4v) is 2.62. The van der Waals surface area contributed by atoms with Crippen molar-refractivity contribution in [3.05, 3.63) is 22.2 Å². The van der Waals surface area contributed by atoms with Crippen LogP contribution in [-0.4, -0.2) is 32.8 Å². The van der Waals surface area contributed by atoms with Crippen molar-refractivity contribution in [3.63, 3.8) is 0 Å². The van der Waals surface area contributed by atoms with E-state index in [1.807, 2.05) is 13.8 Å². The third-order valence-corrected chi connectivity index (χ3v) is 3.53. The fourth-order valence-electron chi connectivity index (χ4n) is 2.02. The van der Waals surface area contributed by atoms with Crippen molar-refractivity contribution in [2.24, 2.45) is 0 Å². The molecule has 7 heteroatoms. The summed E-state index contributed by atoms with van der Waals surface area (Å²) in [5.74, 6) is 1.59. The molecule has 0 fully saturated rings. The van der Waals surface area contributed by atoms with Gasteiger partial charge < -0.3 is 20.1 Å². The maximum absolute atomic E-state index is 5.68. The molecule has 0 aromatic heterocycles. The van der Waals surface area contributed by atoms with Crippen molar-refractivity contribution in [1.29, 1.82) is 0 Å². The number of hydrogen-bond acceptors (Lipinski definition) is 4. The van der Waals surface area contributed by atoms with Crippen molar-refractivity contribution in [1.82, 2.24) is 10.6 Å². The molecule has 1 aromatic rings. The molecule has 1 rings (SSSR count). The largest absolute Gasteiger partial charge is 0.490 e. The van der Waals surface area contributed by atoms with Crippen LogP contribution < -0.4 is 20.1 Å². The Kier molecular flexibility index (Phi) is 16.7. The van der Waals surface area contributed by atoms with E-state index in [0.717, 1.165) is 48.6 Å². The molecule has 0 amide bonds. The zero-order valence-corrected chi connectivity index (χ0v) is 17.3. The minimum absolute atomic E-state index is 0. The van der Waals surface area contributed by atoms with Gasteiger partial charge in [-0.1, -0.05) is 6.92 Å². The molecule has 0 radical (unpaired) electrons. The molecule has 0 heterocycles. The summed E-state index contributed by atoms with van der Waals surface area (Å²) in [5.41, 5.74) is 1.19. The number of nitrogens with one attached hydrogen (secondary N) is 2. The van der Waals surface area contributed by atoms with Crippen LogP contribution in [0.15, 0.2) is 16.6 Å². The number of rotatable bonds is 11. The highest BCUT2D eigenvalue weighted by Gasteiger charge is 2.11. The topological polar surface area (TPSA) is 42.5 Å². The first-order valence-electron chi connectivity index (χ1n) is 7.72. The second kappa shape index (κ2) is 15.3. The maximum Gasteiger partial charge on any atom is 0.175 e. The Hall–Kier alpha value is -0.200. The summed E-state index contributed by atoms with van der Waals surface area (Å²) in [4.78, 5) is 0. The van der Waals surface area contributed by atoms with E-state index in [1.165, 1.54) is 5.56 Å². The van der Waals surface area contributed by atoms with Gasteiger partial charge in [-0.25, -0.2) is 0 Å². The standard InChI is InChI=1S/C16H27BrN2O2.2ClH/c1-4-18-8-7-9-19-12-13-10-14(17)16(21-6-3)15(11-13)20-5-2;;/h10-11,18-19H,4-9,12H2,1-3H3;2*1H. The van der Waals surface area contributed by atoms with Crippen LogP contribution >= 0.6 is 40.7 Å². The molecular formula is C16H29BrCl2N2O2. The minimum atomic E-state index is 0. The quantitative estimate of drug-likeness (QED) is 0.515. The summed E-state index contributed by atoms with van der Waals surface area (Å²) >= 11 is 3.57. The molecule has 0 atom stereocenters. The normalized spacial score (nSPS) is 9.74. The van der Waals surface area contributed by atoms with Crippen LogP contribution in [0.4, 0.5) is 0 Å². The SMILES string of the molecule is CCNCCCNCc1cc(Br)c(OCC)c(OCC)c1.Cl.Cl. The van der Waals surface area contributed by atoms with Gasteiger partial charge in [0, 0.05) is 6.54 Å². The third-order valence-electron chi connectivity index (χ3n) is 2.94. The van der Waals surface area contributed by atoms with E-state index in [-0.39, 0.29) is 24.8 Å². The Morgan fingerprint density at radius 2 is 1.61 bits per heavy atom. The van der Waals surface area contributed by atoms with Crippen LogP contribution in [0.25, 0.3) is 0 Å². The van der Waals surface area contributed by atoms with E-state index in [1.54, 1.807) is 0 Å². The summed E-state index contributed by atoms with van der Waals surface area (Å²) in [6.07, 6.45) is 1.13. The first-order chi connectivity index (χ1) is 10.2. The van der Waals surface area contributed by atoms with Crippen molar-refractivity contribution < 1.29 is 9.47 Å². The first-order valence-corrected chi connectivity index (χ1v) is 8.51. The van der Waals surface area contributed by atoms with Gasteiger partial charge in [0.2, 0.25) is 0 Å². The zero-order valence-electron chi connectivity index (χ0n) is 14.1. The van der Waals surface area contributed by atoms with Crippen LogP contribution in [0.5, 0.6) is 11.5 Å². The van der Waals surface area contributed by atoms with Crippen LogP contribution in [-0.2, 0) is 6.54 Å². The molecule has 0 spiro atoms. The summed E-state index contributed by atoms with van der Waals surface area (Å²) in [5, 5.41) is 6.77. The molecule has 0 bridgehead atoms. The Bertz CT molecular complexity index is 423. The summed E-state index contributed by atoms with van der Waals surface area (Å²) in [6, 6.07) is 4.14. The van der Waals surface area contributed by atoms with Crippen LogP contribution in [0, 0.1) is 0 Å². The highest BCUT2D eigenvalue weighted by Crippen LogP contribution is 2.36. The van der Waals surface area contributed by atoms with E-state index in [9.17, 15) is 0 Å². The smallest absolute Gasteiger partial charge is 0.175 e. The van der Waals surface area contributed by atoms with E-state index >= 15 is 0 Å². The van der Waals surface area contributed by atoms with Crippen LogP contribution in [0.1, 0.15) is 32.8 Å². The first kappa shape index (κ1) is 25.0. The molecule has 0 saturated heterocycles. The van der Waals surface area contributed by atoms with Gasteiger partial charge in [0.15, 0.2) is 11.5 Å². The predicted molar refractivity (Wildman–Crippen MR) is 106 cm³/mol. The summed E-state index contributed by atoms with van der Waals surface area (Å²) in [6.45, 7) is 11.3. The summed E-state index contributed by atoms with van der Waals surface area (Å²) in [7, 11) is 0. The Morgan fingerprint density at radius 1 is 0.957 bits per heavy atom. The second-order valence-electron chi connectivity index (χ2n) is 4.65. The Balaban J connectivity index is 0. The molecule has 4 nitrogen and oxygen atoms in total. The van der Waals surface area contributed by atoms with Crippen molar-refractivity contribution in [3.8, 4) is 11.5 Å². The molecule has 0 aliphatic rings. The lowest BCUT2D eigenvalue weighted by Crippen LogP contribution is -2.21. The van der Waals surface area contributed by atoms with Gasteiger partial charge in [0.1, 0.15) is 0 Å². The molecule has 1 aromatic carbocycles. The zero-order chi connectivity index (χ0) is 15.5. The fraction of sp³-hybridized carbons (Fsp3) is 0.625. The lowest BCUT2D eigenvalue weighted by atomic mass is 10.2. The molecule has 136 valence electrons. The highest BCUT2D eigenvalue weighted by molar-refractivity contribution is 9.10. The number of halogens is 3. The number of benzene rings is 1. The minimum Gasteiger partial charge on any atom is -0.490 e. The lowest BCUT2D eigenvalue weighted by molar-refractivity contribution is 0.286. The van der Waals surface area contributed by atoms with Gasteiger partial charge >= 0.3 is 0 Å². The second-order valence-corrected chi connectivity index (χ2v) is 5.51. The summed E-state index contributed by atoms with van der Waals surface area (Å²) < 4.78 is 12.3. The monoisotopic (exact) mass is 430 g/mol. The maximum atomic E-state index is 5.68. The van der Waals surface area contributed by atoms with Gasteiger partial charge in [0.25, 0.3) is 0 Å². The molecule has 23 heavy (non-hydrogen) atoms. The van der Waals surface area contributed by atoms with E-state index in [4.69, 9.17) is 9.47 Å². The molecule has 0 aliphatic heterocycles. The van der Waals surface area contributed by atoms with Crippen molar-refractivity contribution >= 4 is 40.7 Å². The van der Waals surface area contributed by atoms with Gasteiger partial charge in [-0.05, 0) is 73.5 Å².